The average Bonchev–Trinajstić information content (AvgIpc) is 2.46. The van der Waals surface area contributed by atoms with Crippen molar-refractivity contribution in [3.05, 3.63) is 23.3 Å². The van der Waals surface area contributed by atoms with Crippen LogP contribution in [-0.2, 0) is 0 Å². The van der Waals surface area contributed by atoms with E-state index < -0.39 is 0 Å². The highest BCUT2D eigenvalue weighted by Gasteiger charge is 2.07. The standard InChI is InChI=1S/C10H15N.3C2H6/c1-2-5-9-6-3-4-7-10(9)8-11;3*1-2/h2,5,8,11H,3-4,6-7H2,1H3;3*1-2H3/b5-2-,11-8?;;;. The van der Waals surface area contributed by atoms with Gasteiger partial charge in [0.2, 0.25) is 0 Å². The van der Waals surface area contributed by atoms with Crippen molar-refractivity contribution in [3.63, 3.8) is 0 Å². The van der Waals surface area contributed by atoms with Crippen LogP contribution < -0.4 is 0 Å². The summed E-state index contributed by atoms with van der Waals surface area (Å²) in [6.45, 7) is 14.0. The summed E-state index contributed by atoms with van der Waals surface area (Å²) in [5, 5.41) is 7.19. The Morgan fingerprint density at radius 2 is 1.24 bits per heavy atom. The Hall–Kier alpha value is -0.850. The zero-order chi connectivity index (χ0) is 14.1. The van der Waals surface area contributed by atoms with Crippen LogP contribution in [0.2, 0.25) is 0 Å². The first kappa shape index (κ1) is 21.4. The first-order valence-electron chi connectivity index (χ1n) is 7.23. The molecule has 0 atom stereocenters. The van der Waals surface area contributed by atoms with E-state index in [1.807, 2.05) is 48.5 Å². The van der Waals surface area contributed by atoms with Gasteiger partial charge in [0.1, 0.15) is 0 Å². The van der Waals surface area contributed by atoms with Gasteiger partial charge in [0.15, 0.2) is 0 Å². The van der Waals surface area contributed by atoms with Crippen LogP contribution in [0.1, 0.15) is 74.1 Å². The van der Waals surface area contributed by atoms with Crippen LogP contribution in [-0.4, -0.2) is 6.21 Å². The second kappa shape index (κ2) is 20.5. The molecule has 1 N–H and O–H groups in total. The minimum atomic E-state index is 1.10. The third kappa shape index (κ3) is 11.4. The molecule has 0 saturated heterocycles. The predicted octanol–water partition coefficient (Wildman–Crippen LogP) is 6.16. The molecule has 1 aliphatic rings. The Kier molecular flexibility index (Phi) is 25.9. The molecule has 0 bridgehead atoms. The monoisotopic (exact) mass is 239 g/mol. The molecule has 0 aromatic carbocycles. The lowest BCUT2D eigenvalue weighted by atomic mass is 9.92. The number of rotatable bonds is 2. The lowest BCUT2D eigenvalue weighted by molar-refractivity contribution is 0.700. The number of hydrogen-bond donors (Lipinski definition) is 1. The van der Waals surface area contributed by atoms with Crippen molar-refractivity contribution in [2.45, 2.75) is 74.1 Å². The second-order valence-electron chi connectivity index (χ2n) is 2.90. The highest BCUT2D eigenvalue weighted by Crippen LogP contribution is 2.23. The summed E-state index contributed by atoms with van der Waals surface area (Å²) in [7, 11) is 0. The van der Waals surface area contributed by atoms with E-state index >= 15 is 0 Å². The normalized spacial score (nSPS) is 13.6. The van der Waals surface area contributed by atoms with Gasteiger partial charge in [0.25, 0.3) is 0 Å². The molecule has 0 fully saturated rings. The fraction of sp³-hybridized carbons (Fsp3) is 0.688. The van der Waals surface area contributed by atoms with Crippen LogP contribution in [0.4, 0.5) is 0 Å². The molecular weight excluding hydrogens is 206 g/mol. The SMILES string of the molecule is C/C=C\C1=C(C=N)CCCC1.CC.CC.CC. The lowest BCUT2D eigenvalue weighted by Gasteiger charge is -2.13. The average molecular weight is 239 g/mol. The molecule has 0 amide bonds. The van der Waals surface area contributed by atoms with Crippen LogP contribution in [0.3, 0.4) is 0 Å². The van der Waals surface area contributed by atoms with E-state index in [1.54, 1.807) is 0 Å². The van der Waals surface area contributed by atoms with Crippen LogP contribution in [0.25, 0.3) is 0 Å². The molecule has 0 saturated carbocycles. The summed E-state index contributed by atoms with van der Waals surface area (Å²) in [6.07, 6.45) is 10.5. The van der Waals surface area contributed by atoms with Crippen molar-refractivity contribution in [2.24, 2.45) is 0 Å². The number of allylic oxidation sites excluding steroid dienone is 4. The summed E-state index contributed by atoms with van der Waals surface area (Å²) in [5.74, 6) is 0. The van der Waals surface area contributed by atoms with Gasteiger partial charge in [-0.1, -0.05) is 53.7 Å². The molecular formula is C16H33N. The maximum atomic E-state index is 7.19. The third-order valence-corrected chi connectivity index (χ3v) is 2.10. The zero-order valence-corrected chi connectivity index (χ0v) is 13.1. The van der Waals surface area contributed by atoms with E-state index in [2.05, 4.69) is 12.2 Å². The van der Waals surface area contributed by atoms with Gasteiger partial charge in [-0.2, -0.15) is 0 Å². The maximum absolute atomic E-state index is 7.19. The van der Waals surface area contributed by atoms with E-state index in [-0.39, 0.29) is 0 Å². The van der Waals surface area contributed by atoms with E-state index in [4.69, 9.17) is 5.41 Å². The van der Waals surface area contributed by atoms with E-state index in [9.17, 15) is 0 Å². The molecule has 0 heterocycles. The largest absolute Gasteiger partial charge is 0.308 e. The lowest BCUT2D eigenvalue weighted by Crippen LogP contribution is -1.98. The van der Waals surface area contributed by atoms with E-state index in [1.165, 1.54) is 30.2 Å². The number of hydrogen-bond acceptors (Lipinski definition) is 1. The topological polar surface area (TPSA) is 23.9 Å². The van der Waals surface area contributed by atoms with Crippen LogP contribution in [0, 0.1) is 5.41 Å². The minimum Gasteiger partial charge on any atom is -0.308 e. The molecule has 1 nitrogen and oxygen atoms in total. The molecule has 0 aliphatic heterocycles. The van der Waals surface area contributed by atoms with Gasteiger partial charge in [0.05, 0.1) is 0 Å². The zero-order valence-electron chi connectivity index (χ0n) is 13.1. The molecule has 17 heavy (non-hydrogen) atoms. The van der Waals surface area contributed by atoms with Gasteiger partial charge in [-0.15, -0.1) is 0 Å². The van der Waals surface area contributed by atoms with Gasteiger partial charge in [-0.3, -0.25) is 0 Å². The molecule has 102 valence electrons. The van der Waals surface area contributed by atoms with Crippen LogP contribution in [0.15, 0.2) is 23.3 Å². The third-order valence-electron chi connectivity index (χ3n) is 2.10. The van der Waals surface area contributed by atoms with Crippen molar-refractivity contribution in [3.8, 4) is 0 Å². The van der Waals surface area contributed by atoms with Gasteiger partial charge in [0, 0.05) is 6.21 Å². The fourth-order valence-corrected chi connectivity index (χ4v) is 1.51. The van der Waals surface area contributed by atoms with Crippen molar-refractivity contribution in [1.29, 1.82) is 5.41 Å². The van der Waals surface area contributed by atoms with Crippen molar-refractivity contribution in [2.75, 3.05) is 0 Å². The van der Waals surface area contributed by atoms with Gasteiger partial charge < -0.3 is 5.41 Å². The molecule has 0 spiro atoms. The minimum absolute atomic E-state index is 1.10. The van der Waals surface area contributed by atoms with Gasteiger partial charge >= 0.3 is 0 Å². The Labute approximate surface area is 110 Å². The van der Waals surface area contributed by atoms with Crippen molar-refractivity contribution >= 4 is 6.21 Å². The quantitative estimate of drug-likeness (QED) is 0.558. The summed E-state index contributed by atoms with van der Waals surface area (Å²) in [5.41, 5.74) is 2.60. The Morgan fingerprint density at radius 3 is 1.59 bits per heavy atom. The fourth-order valence-electron chi connectivity index (χ4n) is 1.51. The summed E-state index contributed by atoms with van der Waals surface area (Å²) in [6, 6.07) is 0. The maximum Gasteiger partial charge on any atom is 0.0212 e. The molecule has 0 unspecified atom stereocenters. The Bertz CT molecular complexity index is 200. The molecule has 0 radical (unpaired) electrons. The van der Waals surface area contributed by atoms with Gasteiger partial charge in [-0.05, 0) is 43.8 Å². The highest BCUT2D eigenvalue weighted by atomic mass is 14.3. The molecule has 0 aromatic rings. The van der Waals surface area contributed by atoms with E-state index in [0.717, 1.165) is 12.8 Å². The summed E-state index contributed by atoms with van der Waals surface area (Å²) in [4.78, 5) is 0. The molecule has 1 rings (SSSR count). The molecule has 1 heteroatoms. The van der Waals surface area contributed by atoms with Crippen LogP contribution >= 0.6 is 0 Å². The molecule has 1 aliphatic carbocycles. The second-order valence-corrected chi connectivity index (χ2v) is 2.90. The predicted molar refractivity (Wildman–Crippen MR) is 83.1 cm³/mol. The van der Waals surface area contributed by atoms with Gasteiger partial charge in [-0.25, -0.2) is 0 Å². The highest BCUT2D eigenvalue weighted by molar-refractivity contribution is 5.78. The Balaban J connectivity index is -0.000000285. The van der Waals surface area contributed by atoms with Crippen LogP contribution in [0.5, 0.6) is 0 Å². The number of nitrogens with one attached hydrogen (secondary N) is 1. The molecule has 0 aromatic heterocycles. The first-order valence-corrected chi connectivity index (χ1v) is 7.23. The summed E-state index contributed by atoms with van der Waals surface area (Å²) < 4.78 is 0. The summed E-state index contributed by atoms with van der Waals surface area (Å²) >= 11 is 0. The van der Waals surface area contributed by atoms with Crippen molar-refractivity contribution in [1.82, 2.24) is 0 Å². The Morgan fingerprint density at radius 1 is 0.824 bits per heavy atom. The van der Waals surface area contributed by atoms with E-state index in [0.29, 0.717) is 0 Å². The van der Waals surface area contributed by atoms with Crippen molar-refractivity contribution < 1.29 is 0 Å². The first-order chi connectivity index (χ1) is 8.38. The smallest absolute Gasteiger partial charge is 0.0212 e.